The van der Waals surface area contributed by atoms with Gasteiger partial charge in [0, 0.05) is 31.2 Å². The molecule has 11 heteroatoms. The van der Waals surface area contributed by atoms with Crippen molar-refractivity contribution in [3.8, 4) is 17.5 Å². The molecule has 0 saturated heterocycles. The lowest BCUT2D eigenvalue weighted by Crippen LogP contribution is -2.27. The van der Waals surface area contributed by atoms with Crippen molar-refractivity contribution in [2.45, 2.75) is 19.8 Å². The topological polar surface area (TPSA) is 127 Å². The van der Waals surface area contributed by atoms with Crippen LogP contribution in [0.3, 0.4) is 0 Å². The van der Waals surface area contributed by atoms with Crippen LogP contribution in [0.15, 0.2) is 42.6 Å². The predicted octanol–water partition coefficient (Wildman–Crippen LogP) is 3.19. The lowest BCUT2D eigenvalue weighted by molar-refractivity contribution is -0.117. The summed E-state index contributed by atoms with van der Waals surface area (Å²) >= 11 is 0. The second-order valence-corrected chi connectivity index (χ2v) is 8.10. The number of ether oxygens (including phenoxy) is 2. The molecule has 0 radical (unpaired) electrons. The fourth-order valence-corrected chi connectivity index (χ4v) is 3.50. The molecular formula is C23H23N7O4. The minimum Gasteiger partial charge on any atom is -0.480 e. The van der Waals surface area contributed by atoms with Gasteiger partial charge in [0.2, 0.25) is 17.7 Å². The van der Waals surface area contributed by atoms with Gasteiger partial charge in [0.25, 0.3) is 5.91 Å². The maximum Gasteiger partial charge on any atom is 0.276 e. The molecule has 3 aromatic heterocycles. The summed E-state index contributed by atoms with van der Waals surface area (Å²) in [5, 5.41) is 13.8. The molecule has 1 aliphatic carbocycles. The van der Waals surface area contributed by atoms with E-state index < -0.39 is 0 Å². The second kappa shape index (κ2) is 8.50. The number of H-pyrrole nitrogens is 1. The Labute approximate surface area is 194 Å². The van der Waals surface area contributed by atoms with Crippen molar-refractivity contribution in [1.29, 1.82) is 0 Å². The standard InChI is InChI=1S/C23H23N7O4/c1-13-4-7-15(10-17(13)29(2)23(32)16-11-21(33-3)27-26-16)34-20-9-8-19-24-18(12-30(19)28-20)25-22(31)14-5-6-14/h4,7-12,14H,5-6H2,1-3H3,(H,25,31)(H,26,27). The van der Waals surface area contributed by atoms with Crippen molar-refractivity contribution in [2.75, 3.05) is 24.4 Å². The van der Waals surface area contributed by atoms with E-state index in [0.29, 0.717) is 40.4 Å². The number of benzene rings is 1. The maximum atomic E-state index is 12.9. The number of rotatable bonds is 7. The van der Waals surface area contributed by atoms with Crippen molar-refractivity contribution in [3.63, 3.8) is 0 Å². The number of nitrogens with zero attached hydrogens (tertiary/aromatic N) is 5. The third-order valence-electron chi connectivity index (χ3n) is 5.56. The molecule has 2 amide bonds. The first kappa shape index (κ1) is 21.4. The lowest BCUT2D eigenvalue weighted by Gasteiger charge is -2.19. The third kappa shape index (κ3) is 4.27. The number of carbonyl (C=O) groups excluding carboxylic acids is 2. The molecule has 34 heavy (non-hydrogen) atoms. The molecule has 4 aromatic rings. The van der Waals surface area contributed by atoms with Crippen LogP contribution >= 0.6 is 0 Å². The Morgan fingerprint density at radius 1 is 1.18 bits per heavy atom. The average Bonchev–Trinajstić information content (AvgIpc) is 3.45. The third-order valence-corrected chi connectivity index (χ3v) is 5.56. The Morgan fingerprint density at radius 2 is 2.00 bits per heavy atom. The molecular weight excluding hydrogens is 438 g/mol. The molecule has 5 rings (SSSR count). The number of imidazole rings is 1. The van der Waals surface area contributed by atoms with Crippen molar-refractivity contribution in [3.05, 3.63) is 53.9 Å². The zero-order valence-corrected chi connectivity index (χ0v) is 18.9. The Hall–Kier alpha value is -4.41. The zero-order valence-electron chi connectivity index (χ0n) is 18.9. The lowest BCUT2D eigenvalue weighted by atomic mass is 10.1. The van der Waals surface area contributed by atoms with Crippen molar-refractivity contribution in [1.82, 2.24) is 24.8 Å². The summed E-state index contributed by atoms with van der Waals surface area (Å²) in [6, 6.07) is 10.4. The number of aromatic amines is 1. The number of methoxy groups -OCH3 is 1. The SMILES string of the molecule is COc1cc(C(=O)N(C)c2cc(Oc3ccc4nc(NC(=O)C5CC5)cn4n3)ccc2C)[nH]n1. The number of aryl methyl sites for hydroxylation is 1. The highest BCUT2D eigenvalue weighted by Crippen LogP contribution is 2.31. The fraction of sp³-hybridized carbons (Fsp3) is 0.261. The van der Waals surface area contributed by atoms with Gasteiger partial charge < -0.3 is 19.7 Å². The van der Waals surface area contributed by atoms with Gasteiger partial charge in [-0.25, -0.2) is 9.50 Å². The van der Waals surface area contributed by atoms with Gasteiger partial charge in [0.05, 0.1) is 19.0 Å². The molecule has 3 heterocycles. The number of amides is 2. The first-order chi connectivity index (χ1) is 16.4. The monoisotopic (exact) mass is 461 g/mol. The zero-order chi connectivity index (χ0) is 23.8. The van der Waals surface area contributed by atoms with Crippen LogP contribution in [0.4, 0.5) is 11.5 Å². The summed E-state index contributed by atoms with van der Waals surface area (Å²) in [4.78, 5) is 30.7. The molecule has 1 saturated carbocycles. The molecule has 174 valence electrons. The maximum absolute atomic E-state index is 12.9. The highest BCUT2D eigenvalue weighted by molar-refractivity contribution is 6.05. The summed E-state index contributed by atoms with van der Waals surface area (Å²) in [6.07, 6.45) is 3.49. The van der Waals surface area contributed by atoms with E-state index in [1.165, 1.54) is 12.0 Å². The van der Waals surface area contributed by atoms with Gasteiger partial charge in [-0.15, -0.1) is 10.2 Å². The Morgan fingerprint density at radius 3 is 2.74 bits per heavy atom. The van der Waals surface area contributed by atoms with Gasteiger partial charge in [-0.2, -0.15) is 0 Å². The van der Waals surface area contributed by atoms with Gasteiger partial charge in [0.1, 0.15) is 11.4 Å². The van der Waals surface area contributed by atoms with E-state index in [2.05, 4.69) is 25.6 Å². The van der Waals surface area contributed by atoms with E-state index in [1.54, 1.807) is 48.1 Å². The summed E-state index contributed by atoms with van der Waals surface area (Å²) in [7, 11) is 3.16. The van der Waals surface area contributed by atoms with Crippen LogP contribution in [0.1, 0.15) is 28.9 Å². The summed E-state index contributed by atoms with van der Waals surface area (Å²) < 4.78 is 12.5. The first-order valence-corrected chi connectivity index (χ1v) is 10.7. The van der Waals surface area contributed by atoms with Crippen LogP contribution in [0.5, 0.6) is 17.5 Å². The number of carbonyl (C=O) groups is 2. The van der Waals surface area contributed by atoms with E-state index in [9.17, 15) is 9.59 Å². The molecule has 0 bridgehead atoms. The van der Waals surface area contributed by atoms with E-state index in [-0.39, 0.29) is 17.7 Å². The molecule has 0 aliphatic heterocycles. The van der Waals surface area contributed by atoms with Crippen molar-refractivity contribution < 1.29 is 19.1 Å². The fourth-order valence-electron chi connectivity index (χ4n) is 3.50. The average molecular weight is 461 g/mol. The molecule has 1 fully saturated rings. The van der Waals surface area contributed by atoms with Gasteiger partial charge in [-0.1, -0.05) is 6.07 Å². The van der Waals surface area contributed by atoms with Gasteiger partial charge in [0.15, 0.2) is 11.5 Å². The van der Waals surface area contributed by atoms with Gasteiger partial charge in [-0.3, -0.25) is 14.7 Å². The number of aromatic nitrogens is 5. The van der Waals surface area contributed by atoms with Crippen molar-refractivity contribution in [2.24, 2.45) is 5.92 Å². The number of fused-ring (bicyclic) bond motifs is 1. The molecule has 11 nitrogen and oxygen atoms in total. The predicted molar refractivity (Wildman–Crippen MR) is 123 cm³/mol. The molecule has 2 N–H and O–H groups in total. The largest absolute Gasteiger partial charge is 0.480 e. The quantitative estimate of drug-likeness (QED) is 0.433. The number of nitrogens with one attached hydrogen (secondary N) is 2. The minimum atomic E-state index is -0.269. The van der Waals surface area contributed by atoms with E-state index in [1.807, 2.05) is 13.0 Å². The number of hydrogen-bond acceptors (Lipinski definition) is 7. The van der Waals surface area contributed by atoms with Gasteiger partial charge in [-0.05, 0) is 37.5 Å². The summed E-state index contributed by atoms with van der Waals surface area (Å²) in [5.74, 6) is 1.45. The van der Waals surface area contributed by atoms with Gasteiger partial charge >= 0.3 is 0 Å². The minimum absolute atomic E-state index is 0.0145. The van der Waals surface area contributed by atoms with E-state index >= 15 is 0 Å². The molecule has 0 unspecified atom stereocenters. The van der Waals surface area contributed by atoms with Crippen LogP contribution in [-0.2, 0) is 4.79 Å². The normalized spacial score (nSPS) is 13.0. The Bertz CT molecular complexity index is 1390. The number of hydrogen-bond donors (Lipinski definition) is 2. The molecule has 1 aromatic carbocycles. The first-order valence-electron chi connectivity index (χ1n) is 10.7. The van der Waals surface area contributed by atoms with Crippen LogP contribution in [0.25, 0.3) is 5.65 Å². The smallest absolute Gasteiger partial charge is 0.276 e. The Balaban J connectivity index is 1.34. The van der Waals surface area contributed by atoms with Crippen LogP contribution in [0.2, 0.25) is 0 Å². The van der Waals surface area contributed by atoms with Crippen LogP contribution < -0.4 is 19.7 Å². The second-order valence-electron chi connectivity index (χ2n) is 8.10. The highest BCUT2D eigenvalue weighted by Gasteiger charge is 2.30. The highest BCUT2D eigenvalue weighted by atomic mass is 16.5. The van der Waals surface area contributed by atoms with Crippen LogP contribution in [-0.4, -0.2) is 50.8 Å². The van der Waals surface area contributed by atoms with Crippen molar-refractivity contribution >= 4 is 29.0 Å². The molecule has 0 spiro atoms. The van der Waals surface area contributed by atoms with E-state index in [0.717, 1.165) is 18.4 Å². The molecule has 1 aliphatic rings. The summed E-state index contributed by atoms with van der Waals surface area (Å²) in [6.45, 7) is 1.91. The number of anilines is 2. The Kier molecular flexibility index (Phi) is 5.36. The molecule has 0 atom stereocenters. The van der Waals surface area contributed by atoms with Crippen LogP contribution in [0, 0.1) is 12.8 Å². The summed E-state index contributed by atoms with van der Waals surface area (Å²) in [5.41, 5.74) is 2.46. The van der Waals surface area contributed by atoms with E-state index in [4.69, 9.17) is 9.47 Å².